The van der Waals surface area contributed by atoms with Gasteiger partial charge in [0.05, 0.1) is 13.2 Å². The number of morpholine rings is 1. The largest absolute Gasteiger partial charge is 0.379 e. The number of allylic oxidation sites excluding steroid dienone is 1. The Kier molecular flexibility index (Phi) is 5.01. The van der Waals surface area contributed by atoms with Gasteiger partial charge >= 0.3 is 0 Å². The summed E-state index contributed by atoms with van der Waals surface area (Å²) in [4.78, 5) is 2.42. The van der Waals surface area contributed by atoms with Gasteiger partial charge in [0.25, 0.3) is 0 Å². The van der Waals surface area contributed by atoms with Gasteiger partial charge in [0.15, 0.2) is 0 Å². The summed E-state index contributed by atoms with van der Waals surface area (Å²) in [5.41, 5.74) is 2.41. The molecule has 0 radical (unpaired) electrons. The van der Waals surface area contributed by atoms with E-state index in [1.54, 1.807) is 0 Å². The maximum atomic E-state index is 5.35. The number of hydrogen-bond acceptors (Lipinski definition) is 2. The Balaban J connectivity index is 1.98. The quantitative estimate of drug-likeness (QED) is 0.595. The van der Waals surface area contributed by atoms with Gasteiger partial charge in [-0.1, -0.05) is 30.0 Å². The first-order valence-electron chi connectivity index (χ1n) is 6.37. The molecule has 1 aromatic rings. The minimum Gasteiger partial charge on any atom is -0.379 e. The Hall–Kier alpha value is -1.56. The van der Waals surface area contributed by atoms with Gasteiger partial charge in [0.1, 0.15) is 0 Å². The van der Waals surface area contributed by atoms with Gasteiger partial charge in [-0.05, 0) is 17.7 Å². The van der Waals surface area contributed by atoms with Gasteiger partial charge in [-0.2, -0.15) is 0 Å². The van der Waals surface area contributed by atoms with Crippen molar-refractivity contribution in [1.82, 2.24) is 4.90 Å². The van der Waals surface area contributed by atoms with Crippen molar-refractivity contribution >= 4 is 0 Å². The lowest BCUT2D eigenvalue weighted by atomic mass is 10.1. The summed E-state index contributed by atoms with van der Waals surface area (Å²) in [6.07, 6.45) is 2.57. The number of rotatable bonds is 3. The van der Waals surface area contributed by atoms with Gasteiger partial charge in [-0.25, -0.2) is 0 Å². The van der Waals surface area contributed by atoms with E-state index in [1.165, 1.54) is 5.56 Å². The summed E-state index contributed by atoms with van der Waals surface area (Å²) in [6.45, 7) is 8.38. The van der Waals surface area contributed by atoms with Crippen LogP contribution in [0.3, 0.4) is 0 Å². The summed E-state index contributed by atoms with van der Waals surface area (Å²) in [5.74, 6) is 6.24. The molecule has 0 N–H and O–H groups in total. The highest BCUT2D eigenvalue weighted by Crippen LogP contribution is 2.09. The topological polar surface area (TPSA) is 12.5 Å². The maximum Gasteiger partial charge on any atom is 0.0594 e. The molecule has 0 saturated carbocycles. The van der Waals surface area contributed by atoms with Crippen LogP contribution in [0.5, 0.6) is 0 Å². The van der Waals surface area contributed by atoms with Crippen molar-refractivity contribution in [2.45, 2.75) is 13.0 Å². The molecule has 0 aromatic heterocycles. The van der Waals surface area contributed by atoms with Crippen LogP contribution in [0.4, 0.5) is 0 Å². The predicted octanol–water partition coefficient (Wildman–Crippen LogP) is 2.45. The van der Waals surface area contributed by atoms with Crippen LogP contribution in [-0.2, 0) is 11.3 Å². The molecular weight excluding hydrogens is 222 g/mol. The van der Waals surface area contributed by atoms with E-state index in [9.17, 15) is 0 Å². The summed E-state index contributed by atoms with van der Waals surface area (Å²) in [7, 11) is 0. The smallest absolute Gasteiger partial charge is 0.0594 e. The number of hydrogen-bond donors (Lipinski definition) is 0. The second-order valence-electron chi connectivity index (χ2n) is 4.38. The number of ether oxygens (including phenoxy) is 1. The fraction of sp³-hybridized carbons (Fsp3) is 0.375. The zero-order valence-corrected chi connectivity index (χ0v) is 10.7. The molecule has 1 aliphatic heterocycles. The van der Waals surface area contributed by atoms with Crippen LogP contribution >= 0.6 is 0 Å². The molecule has 0 amide bonds. The third-order valence-corrected chi connectivity index (χ3v) is 2.92. The highest BCUT2D eigenvalue weighted by Gasteiger charge is 2.10. The molecule has 18 heavy (non-hydrogen) atoms. The fourth-order valence-corrected chi connectivity index (χ4v) is 1.99. The van der Waals surface area contributed by atoms with Crippen molar-refractivity contribution in [2.24, 2.45) is 0 Å². The fourth-order valence-electron chi connectivity index (χ4n) is 1.99. The molecule has 1 aliphatic rings. The Morgan fingerprint density at radius 2 is 2.17 bits per heavy atom. The molecule has 1 saturated heterocycles. The Morgan fingerprint density at radius 3 is 2.94 bits per heavy atom. The van der Waals surface area contributed by atoms with Gasteiger partial charge in [0, 0.05) is 31.6 Å². The van der Waals surface area contributed by atoms with Crippen LogP contribution in [-0.4, -0.2) is 31.2 Å². The van der Waals surface area contributed by atoms with Gasteiger partial charge in [-0.3, -0.25) is 4.90 Å². The van der Waals surface area contributed by atoms with Crippen LogP contribution in [0.2, 0.25) is 0 Å². The van der Waals surface area contributed by atoms with Crippen molar-refractivity contribution in [3.8, 4) is 11.8 Å². The zero-order chi connectivity index (χ0) is 12.6. The Bertz CT molecular complexity index is 450. The molecule has 2 rings (SSSR count). The summed E-state index contributed by atoms with van der Waals surface area (Å²) < 4.78 is 5.35. The first-order valence-corrected chi connectivity index (χ1v) is 6.37. The second-order valence-corrected chi connectivity index (χ2v) is 4.38. The van der Waals surface area contributed by atoms with Crippen molar-refractivity contribution < 1.29 is 4.74 Å². The van der Waals surface area contributed by atoms with Crippen LogP contribution in [0, 0.1) is 11.8 Å². The van der Waals surface area contributed by atoms with E-state index < -0.39 is 0 Å². The van der Waals surface area contributed by atoms with Gasteiger partial charge in [0.2, 0.25) is 0 Å². The summed E-state index contributed by atoms with van der Waals surface area (Å²) >= 11 is 0. The van der Waals surface area contributed by atoms with Crippen LogP contribution in [0.15, 0.2) is 36.9 Å². The van der Waals surface area contributed by atoms with Crippen molar-refractivity contribution in [2.75, 3.05) is 26.3 Å². The second kappa shape index (κ2) is 7.00. The van der Waals surface area contributed by atoms with E-state index >= 15 is 0 Å². The van der Waals surface area contributed by atoms with E-state index in [1.807, 2.05) is 6.08 Å². The molecule has 2 nitrogen and oxygen atoms in total. The van der Waals surface area contributed by atoms with Crippen molar-refractivity contribution in [3.63, 3.8) is 0 Å². The third-order valence-electron chi connectivity index (χ3n) is 2.92. The zero-order valence-electron chi connectivity index (χ0n) is 10.7. The van der Waals surface area contributed by atoms with Crippen molar-refractivity contribution in [1.29, 1.82) is 0 Å². The molecule has 0 unspecified atom stereocenters. The molecule has 1 heterocycles. The molecule has 0 spiro atoms. The van der Waals surface area contributed by atoms with Gasteiger partial charge in [-0.15, -0.1) is 6.58 Å². The van der Waals surface area contributed by atoms with Crippen LogP contribution < -0.4 is 0 Å². The minimum absolute atomic E-state index is 0.744. The molecular formula is C16H19NO. The Labute approximate surface area is 109 Å². The molecule has 0 atom stereocenters. The first kappa shape index (κ1) is 12.9. The monoisotopic (exact) mass is 241 g/mol. The average Bonchev–Trinajstić information content (AvgIpc) is 2.41. The number of nitrogens with zero attached hydrogens (tertiary/aromatic N) is 1. The molecule has 2 heteroatoms. The lowest BCUT2D eigenvalue weighted by Crippen LogP contribution is -2.35. The normalized spacial score (nSPS) is 15.8. The lowest BCUT2D eigenvalue weighted by molar-refractivity contribution is 0.0342. The van der Waals surface area contributed by atoms with E-state index in [2.05, 4.69) is 47.6 Å². The van der Waals surface area contributed by atoms with E-state index in [0.717, 1.165) is 44.8 Å². The standard InChI is InChI=1S/C16H19NO/c1-2-3-4-6-15-7-5-8-16(13-15)14-17-9-11-18-12-10-17/h2,5,7-8,13H,1,3,9-12,14H2. The molecule has 0 aliphatic carbocycles. The maximum absolute atomic E-state index is 5.35. The predicted molar refractivity (Wildman–Crippen MR) is 74.2 cm³/mol. The van der Waals surface area contributed by atoms with Crippen molar-refractivity contribution in [3.05, 3.63) is 48.0 Å². The van der Waals surface area contributed by atoms with E-state index in [0.29, 0.717) is 0 Å². The van der Waals surface area contributed by atoms with Crippen LogP contribution in [0.25, 0.3) is 0 Å². The van der Waals surface area contributed by atoms with E-state index in [-0.39, 0.29) is 0 Å². The third kappa shape index (κ3) is 4.03. The molecule has 1 fully saturated rings. The SMILES string of the molecule is C=CCC#Cc1cccc(CN2CCOCC2)c1. The van der Waals surface area contributed by atoms with E-state index in [4.69, 9.17) is 4.74 Å². The van der Waals surface area contributed by atoms with Crippen LogP contribution in [0.1, 0.15) is 17.5 Å². The minimum atomic E-state index is 0.744. The molecule has 1 aromatic carbocycles. The van der Waals surface area contributed by atoms with Gasteiger partial charge < -0.3 is 4.74 Å². The molecule has 0 bridgehead atoms. The first-order chi connectivity index (χ1) is 8.88. The lowest BCUT2D eigenvalue weighted by Gasteiger charge is -2.26. The highest BCUT2D eigenvalue weighted by atomic mass is 16.5. The highest BCUT2D eigenvalue weighted by molar-refractivity contribution is 5.37. The Morgan fingerprint density at radius 1 is 1.33 bits per heavy atom. The molecule has 94 valence electrons. The summed E-state index contributed by atoms with van der Waals surface area (Å²) in [5, 5.41) is 0. The average molecular weight is 241 g/mol. The summed E-state index contributed by atoms with van der Waals surface area (Å²) in [6, 6.07) is 8.46. The number of benzene rings is 1.